The number of hydrogen-bond donors (Lipinski definition) is 1. The van der Waals surface area contributed by atoms with Gasteiger partial charge in [-0.3, -0.25) is 4.90 Å². The molecule has 3 nitrogen and oxygen atoms in total. The Bertz CT molecular complexity index is 428. The van der Waals surface area contributed by atoms with Crippen molar-refractivity contribution in [2.45, 2.75) is 38.9 Å². The van der Waals surface area contributed by atoms with Crippen LogP contribution in [0.15, 0.2) is 18.2 Å². The van der Waals surface area contributed by atoms with E-state index in [-0.39, 0.29) is 12.4 Å². The first-order valence-electron chi connectivity index (χ1n) is 7.54. The Morgan fingerprint density at radius 3 is 2.65 bits per heavy atom. The number of benzene rings is 1. The average Bonchev–Trinajstić information content (AvgIpc) is 2.49. The van der Waals surface area contributed by atoms with Gasteiger partial charge >= 0.3 is 0 Å². The Hall–Kier alpha value is -0.970. The highest BCUT2D eigenvalue weighted by Gasteiger charge is 2.21. The molecular weight excluding hydrogens is 253 g/mol. The molecule has 2 rings (SSSR count). The highest BCUT2D eigenvalue weighted by Crippen LogP contribution is 2.18. The number of halogens is 1. The lowest BCUT2D eigenvalue weighted by atomic mass is 10.0. The summed E-state index contributed by atoms with van der Waals surface area (Å²) in [6.45, 7) is 6.86. The zero-order valence-electron chi connectivity index (χ0n) is 12.6. The van der Waals surface area contributed by atoms with E-state index >= 15 is 0 Å². The molecule has 0 aromatic heterocycles. The van der Waals surface area contributed by atoms with Crippen LogP contribution in [0.2, 0.25) is 0 Å². The van der Waals surface area contributed by atoms with Crippen molar-refractivity contribution in [1.82, 2.24) is 9.80 Å². The number of nitrogens with zero attached hydrogens (tertiary/aromatic N) is 2. The number of likely N-dealkylation sites (tertiary alicyclic amines) is 1. The Kier molecular flexibility index (Phi) is 5.52. The lowest BCUT2D eigenvalue weighted by Gasteiger charge is -2.36. The van der Waals surface area contributed by atoms with Crippen molar-refractivity contribution in [2.75, 3.05) is 26.7 Å². The van der Waals surface area contributed by atoms with Crippen LogP contribution in [0.4, 0.5) is 4.39 Å². The van der Waals surface area contributed by atoms with Crippen molar-refractivity contribution in [3.05, 3.63) is 35.1 Å². The fourth-order valence-electron chi connectivity index (χ4n) is 2.98. The first kappa shape index (κ1) is 15.4. The lowest BCUT2D eigenvalue weighted by Crippen LogP contribution is -2.42. The quantitative estimate of drug-likeness (QED) is 0.897. The molecular formula is C16H26FN3. The van der Waals surface area contributed by atoms with Crippen molar-refractivity contribution in [3.8, 4) is 0 Å². The fraction of sp³-hybridized carbons (Fsp3) is 0.625. The van der Waals surface area contributed by atoms with E-state index in [0.717, 1.165) is 18.7 Å². The largest absolute Gasteiger partial charge is 0.326 e. The van der Waals surface area contributed by atoms with Crippen LogP contribution in [-0.2, 0) is 13.1 Å². The van der Waals surface area contributed by atoms with E-state index in [1.165, 1.54) is 32.0 Å². The minimum Gasteiger partial charge on any atom is -0.326 e. The minimum absolute atomic E-state index is 0.199. The molecule has 112 valence electrons. The number of hydrogen-bond acceptors (Lipinski definition) is 3. The molecule has 0 amide bonds. The summed E-state index contributed by atoms with van der Waals surface area (Å²) in [6.07, 6.45) is 2.44. The lowest BCUT2D eigenvalue weighted by molar-refractivity contribution is 0.127. The first-order chi connectivity index (χ1) is 9.63. The fourth-order valence-corrected chi connectivity index (χ4v) is 2.98. The maximum absolute atomic E-state index is 13.4. The SMILES string of the molecule is CCN1CCC(N(C)Cc2ccc(F)c(CN)c2)CC1. The maximum atomic E-state index is 13.4. The summed E-state index contributed by atoms with van der Waals surface area (Å²) in [6, 6.07) is 5.92. The number of piperidine rings is 1. The van der Waals surface area contributed by atoms with E-state index in [1.807, 2.05) is 12.1 Å². The third-order valence-corrected chi connectivity index (χ3v) is 4.39. The molecule has 20 heavy (non-hydrogen) atoms. The zero-order chi connectivity index (χ0) is 14.5. The Morgan fingerprint density at radius 1 is 1.35 bits per heavy atom. The van der Waals surface area contributed by atoms with Crippen LogP contribution in [-0.4, -0.2) is 42.5 Å². The molecule has 0 unspecified atom stereocenters. The number of nitrogens with two attached hydrogens (primary N) is 1. The smallest absolute Gasteiger partial charge is 0.127 e. The van der Waals surface area contributed by atoms with Gasteiger partial charge in [0.1, 0.15) is 5.82 Å². The molecule has 0 radical (unpaired) electrons. The van der Waals surface area contributed by atoms with Crippen LogP contribution in [0.5, 0.6) is 0 Å². The van der Waals surface area contributed by atoms with Gasteiger partial charge in [-0.05, 0) is 51.2 Å². The summed E-state index contributed by atoms with van der Waals surface area (Å²) in [5, 5.41) is 0. The molecule has 1 aromatic rings. The zero-order valence-corrected chi connectivity index (χ0v) is 12.6. The van der Waals surface area contributed by atoms with Gasteiger partial charge in [-0.2, -0.15) is 0 Å². The molecule has 4 heteroatoms. The van der Waals surface area contributed by atoms with Crippen LogP contribution < -0.4 is 5.73 Å². The predicted molar refractivity (Wildman–Crippen MR) is 80.9 cm³/mol. The molecule has 1 aliphatic heterocycles. The summed E-state index contributed by atoms with van der Waals surface area (Å²) in [7, 11) is 2.16. The van der Waals surface area contributed by atoms with E-state index in [0.29, 0.717) is 11.6 Å². The number of rotatable bonds is 5. The summed E-state index contributed by atoms with van der Waals surface area (Å²) in [5.41, 5.74) is 7.32. The molecule has 1 saturated heterocycles. The topological polar surface area (TPSA) is 32.5 Å². The van der Waals surface area contributed by atoms with Crippen molar-refractivity contribution >= 4 is 0 Å². The van der Waals surface area contributed by atoms with Crippen LogP contribution in [0.1, 0.15) is 30.9 Å². The molecule has 0 spiro atoms. The molecule has 0 saturated carbocycles. The second-order valence-electron chi connectivity index (χ2n) is 5.71. The Morgan fingerprint density at radius 2 is 2.05 bits per heavy atom. The van der Waals surface area contributed by atoms with Gasteiger partial charge in [0.2, 0.25) is 0 Å². The molecule has 0 aliphatic carbocycles. The summed E-state index contributed by atoms with van der Waals surface area (Å²) in [5.74, 6) is -0.199. The standard InChI is InChI=1S/C16H26FN3/c1-3-20-8-6-15(7-9-20)19(2)12-13-4-5-16(17)14(10-13)11-18/h4-5,10,15H,3,6-9,11-12,18H2,1-2H3. The van der Waals surface area contributed by atoms with Crippen LogP contribution in [0.3, 0.4) is 0 Å². The normalized spacial score (nSPS) is 17.9. The molecule has 1 aliphatic rings. The van der Waals surface area contributed by atoms with E-state index < -0.39 is 0 Å². The van der Waals surface area contributed by atoms with Crippen molar-refractivity contribution in [1.29, 1.82) is 0 Å². The second-order valence-corrected chi connectivity index (χ2v) is 5.71. The molecule has 0 bridgehead atoms. The van der Waals surface area contributed by atoms with Gasteiger partial charge in [0.15, 0.2) is 0 Å². The van der Waals surface area contributed by atoms with Gasteiger partial charge in [-0.1, -0.05) is 19.1 Å². The van der Waals surface area contributed by atoms with Crippen LogP contribution in [0, 0.1) is 5.82 Å². The molecule has 1 heterocycles. The van der Waals surface area contributed by atoms with Crippen molar-refractivity contribution in [3.63, 3.8) is 0 Å². The van der Waals surface area contributed by atoms with E-state index in [2.05, 4.69) is 23.8 Å². The highest BCUT2D eigenvalue weighted by molar-refractivity contribution is 5.25. The molecule has 1 fully saturated rings. The van der Waals surface area contributed by atoms with Gasteiger partial charge in [0, 0.05) is 24.7 Å². The monoisotopic (exact) mass is 279 g/mol. The summed E-state index contributed by atoms with van der Waals surface area (Å²) >= 11 is 0. The predicted octanol–water partition coefficient (Wildman–Crippen LogP) is 2.20. The van der Waals surface area contributed by atoms with E-state index in [9.17, 15) is 4.39 Å². The molecule has 0 atom stereocenters. The third-order valence-electron chi connectivity index (χ3n) is 4.39. The van der Waals surface area contributed by atoms with Gasteiger partial charge < -0.3 is 10.6 Å². The van der Waals surface area contributed by atoms with Gasteiger partial charge in [0.25, 0.3) is 0 Å². The molecule has 1 aromatic carbocycles. The second kappa shape index (κ2) is 7.16. The van der Waals surface area contributed by atoms with Gasteiger partial charge in [-0.15, -0.1) is 0 Å². The van der Waals surface area contributed by atoms with Crippen LogP contribution >= 0.6 is 0 Å². The Balaban J connectivity index is 1.93. The summed E-state index contributed by atoms with van der Waals surface area (Å²) < 4.78 is 13.4. The van der Waals surface area contributed by atoms with E-state index in [4.69, 9.17) is 5.73 Å². The molecule has 2 N–H and O–H groups in total. The summed E-state index contributed by atoms with van der Waals surface area (Å²) in [4.78, 5) is 4.88. The minimum atomic E-state index is -0.199. The highest BCUT2D eigenvalue weighted by atomic mass is 19.1. The van der Waals surface area contributed by atoms with Gasteiger partial charge in [-0.25, -0.2) is 4.39 Å². The van der Waals surface area contributed by atoms with Crippen LogP contribution in [0.25, 0.3) is 0 Å². The van der Waals surface area contributed by atoms with Crippen molar-refractivity contribution < 1.29 is 4.39 Å². The third kappa shape index (κ3) is 3.78. The first-order valence-corrected chi connectivity index (χ1v) is 7.54. The maximum Gasteiger partial charge on any atom is 0.127 e. The van der Waals surface area contributed by atoms with Gasteiger partial charge in [0.05, 0.1) is 0 Å². The Labute approximate surface area is 121 Å². The average molecular weight is 279 g/mol. The van der Waals surface area contributed by atoms with E-state index in [1.54, 1.807) is 0 Å². The van der Waals surface area contributed by atoms with Crippen molar-refractivity contribution in [2.24, 2.45) is 5.73 Å².